The Morgan fingerprint density at radius 1 is 1.06 bits per heavy atom. The number of carbonyl (C=O) groups is 1. The number of nitrogens with zero attached hydrogens (tertiary/aromatic N) is 3. The molecule has 8 heteroatoms. The zero-order valence-electron chi connectivity index (χ0n) is 19.0. The number of sulfonamides is 1. The molecule has 0 spiro atoms. The molecule has 1 aromatic heterocycles. The van der Waals surface area contributed by atoms with Crippen LogP contribution in [-0.2, 0) is 14.8 Å². The number of aromatic nitrogens is 1. The highest BCUT2D eigenvalue weighted by Gasteiger charge is 2.20. The van der Waals surface area contributed by atoms with Crippen LogP contribution in [0.3, 0.4) is 0 Å². The van der Waals surface area contributed by atoms with Gasteiger partial charge in [0.1, 0.15) is 6.54 Å². The number of carbonyl (C=O) groups excluding carboxylic acids is 1. The Bertz CT molecular complexity index is 1280. The third-order valence-electron chi connectivity index (χ3n) is 5.20. The molecule has 2 aromatic carbocycles. The van der Waals surface area contributed by atoms with Crippen LogP contribution >= 0.6 is 0 Å². The van der Waals surface area contributed by atoms with Crippen LogP contribution in [0.15, 0.2) is 59.7 Å². The van der Waals surface area contributed by atoms with Crippen molar-refractivity contribution in [1.29, 1.82) is 0 Å². The fraction of sp³-hybridized carbons (Fsp3) is 0.250. The van der Waals surface area contributed by atoms with E-state index in [2.05, 4.69) is 34.2 Å². The minimum Gasteiger partial charge on any atom is -0.318 e. The SMILES string of the molecule is Cc1cccc(N(CC(=O)N/N=C\c2cc(C)n(-c3ccccc3C)c2C)S(C)(=O)=O)c1. The van der Waals surface area contributed by atoms with Gasteiger partial charge in [-0.25, -0.2) is 13.8 Å². The molecular formula is C24H28N4O3S. The van der Waals surface area contributed by atoms with Gasteiger partial charge >= 0.3 is 0 Å². The molecule has 1 heterocycles. The first-order valence-corrected chi connectivity index (χ1v) is 12.0. The molecule has 0 atom stereocenters. The van der Waals surface area contributed by atoms with Crippen molar-refractivity contribution in [1.82, 2.24) is 9.99 Å². The van der Waals surface area contributed by atoms with Gasteiger partial charge in [0.2, 0.25) is 10.0 Å². The van der Waals surface area contributed by atoms with E-state index < -0.39 is 15.9 Å². The smallest absolute Gasteiger partial charge is 0.260 e. The number of hydrogen-bond acceptors (Lipinski definition) is 4. The monoisotopic (exact) mass is 452 g/mol. The van der Waals surface area contributed by atoms with Gasteiger partial charge in [-0.2, -0.15) is 5.10 Å². The van der Waals surface area contributed by atoms with Crippen LogP contribution in [0.25, 0.3) is 5.69 Å². The van der Waals surface area contributed by atoms with Crippen LogP contribution in [-0.4, -0.2) is 37.9 Å². The zero-order chi connectivity index (χ0) is 23.5. The Balaban J connectivity index is 1.75. The molecule has 168 valence electrons. The number of hydrazone groups is 1. The number of para-hydroxylation sites is 1. The number of rotatable bonds is 7. The van der Waals surface area contributed by atoms with Gasteiger partial charge in [0, 0.05) is 22.6 Å². The Kier molecular flexibility index (Phi) is 6.84. The van der Waals surface area contributed by atoms with E-state index in [0.717, 1.165) is 44.3 Å². The molecule has 0 fully saturated rings. The van der Waals surface area contributed by atoms with E-state index in [1.165, 1.54) is 0 Å². The van der Waals surface area contributed by atoms with E-state index in [1.807, 2.05) is 45.0 Å². The lowest BCUT2D eigenvalue weighted by atomic mass is 10.2. The maximum atomic E-state index is 12.4. The van der Waals surface area contributed by atoms with Crippen molar-refractivity contribution >= 4 is 27.8 Å². The van der Waals surface area contributed by atoms with Gasteiger partial charge < -0.3 is 4.57 Å². The average molecular weight is 453 g/mol. The van der Waals surface area contributed by atoms with Crippen LogP contribution in [0, 0.1) is 27.7 Å². The van der Waals surface area contributed by atoms with Crippen molar-refractivity contribution in [2.45, 2.75) is 27.7 Å². The summed E-state index contributed by atoms with van der Waals surface area (Å²) < 4.78 is 27.7. The lowest BCUT2D eigenvalue weighted by molar-refractivity contribution is -0.119. The highest BCUT2D eigenvalue weighted by molar-refractivity contribution is 7.92. The first-order chi connectivity index (χ1) is 15.1. The summed E-state index contributed by atoms with van der Waals surface area (Å²) in [5, 5.41) is 4.06. The lowest BCUT2D eigenvalue weighted by Gasteiger charge is -2.21. The van der Waals surface area contributed by atoms with Crippen LogP contribution < -0.4 is 9.73 Å². The quantitative estimate of drug-likeness (QED) is 0.439. The summed E-state index contributed by atoms with van der Waals surface area (Å²) >= 11 is 0. The fourth-order valence-corrected chi connectivity index (χ4v) is 4.47. The van der Waals surface area contributed by atoms with E-state index in [-0.39, 0.29) is 6.54 Å². The van der Waals surface area contributed by atoms with Gasteiger partial charge in [-0.15, -0.1) is 0 Å². The van der Waals surface area contributed by atoms with E-state index in [9.17, 15) is 13.2 Å². The largest absolute Gasteiger partial charge is 0.318 e. The van der Waals surface area contributed by atoms with Crippen molar-refractivity contribution in [2.75, 3.05) is 17.1 Å². The molecule has 0 aliphatic carbocycles. The third kappa shape index (κ3) is 5.26. The number of nitrogens with one attached hydrogen (secondary N) is 1. The molecule has 1 amide bonds. The van der Waals surface area contributed by atoms with Crippen LogP contribution in [0.2, 0.25) is 0 Å². The van der Waals surface area contributed by atoms with Crippen molar-refractivity contribution in [3.05, 3.63) is 82.7 Å². The summed E-state index contributed by atoms with van der Waals surface area (Å²) in [6.07, 6.45) is 2.65. The second-order valence-corrected chi connectivity index (χ2v) is 9.76. The number of anilines is 1. The topological polar surface area (TPSA) is 83.8 Å². The van der Waals surface area contributed by atoms with Gasteiger partial charge in [-0.05, 0) is 63.1 Å². The maximum Gasteiger partial charge on any atom is 0.260 e. The van der Waals surface area contributed by atoms with Gasteiger partial charge in [0.05, 0.1) is 18.2 Å². The summed E-state index contributed by atoms with van der Waals surface area (Å²) in [6.45, 7) is 7.57. The molecule has 0 saturated heterocycles. The number of benzene rings is 2. The van der Waals surface area contributed by atoms with Gasteiger partial charge in [-0.1, -0.05) is 30.3 Å². The molecule has 7 nitrogen and oxygen atoms in total. The summed E-state index contributed by atoms with van der Waals surface area (Å²) in [7, 11) is -3.63. The second-order valence-electron chi connectivity index (χ2n) is 7.85. The molecule has 0 bridgehead atoms. The zero-order valence-corrected chi connectivity index (χ0v) is 19.8. The molecule has 0 aliphatic heterocycles. The molecule has 3 rings (SSSR count). The molecular weight excluding hydrogens is 424 g/mol. The molecule has 1 N–H and O–H groups in total. The van der Waals surface area contributed by atoms with Crippen LogP contribution in [0.5, 0.6) is 0 Å². The fourth-order valence-electron chi connectivity index (χ4n) is 3.63. The maximum absolute atomic E-state index is 12.4. The van der Waals surface area contributed by atoms with E-state index in [0.29, 0.717) is 5.69 Å². The average Bonchev–Trinajstić information content (AvgIpc) is 2.99. The summed E-state index contributed by atoms with van der Waals surface area (Å²) in [6, 6.07) is 17.1. The first-order valence-electron chi connectivity index (χ1n) is 10.2. The Morgan fingerprint density at radius 2 is 1.78 bits per heavy atom. The Labute approximate surface area is 189 Å². The Morgan fingerprint density at radius 3 is 2.44 bits per heavy atom. The Hall–Kier alpha value is -3.39. The normalized spacial score (nSPS) is 11.7. The number of amides is 1. The predicted octanol–water partition coefficient (Wildman–Crippen LogP) is 3.63. The summed E-state index contributed by atoms with van der Waals surface area (Å²) in [4.78, 5) is 12.4. The first kappa shape index (κ1) is 23.3. The van der Waals surface area contributed by atoms with Gasteiger partial charge in [0.25, 0.3) is 5.91 Å². The van der Waals surface area contributed by atoms with Crippen molar-refractivity contribution < 1.29 is 13.2 Å². The highest BCUT2D eigenvalue weighted by atomic mass is 32.2. The number of aryl methyl sites for hydroxylation is 3. The van der Waals surface area contributed by atoms with Crippen molar-refractivity contribution in [2.24, 2.45) is 5.10 Å². The van der Waals surface area contributed by atoms with Crippen LogP contribution in [0.1, 0.15) is 28.1 Å². The van der Waals surface area contributed by atoms with Crippen molar-refractivity contribution in [3.8, 4) is 5.69 Å². The van der Waals surface area contributed by atoms with Gasteiger partial charge in [-0.3, -0.25) is 9.10 Å². The second kappa shape index (κ2) is 9.40. The number of hydrogen-bond donors (Lipinski definition) is 1. The third-order valence-corrected chi connectivity index (χ3v) is 6.34. The minimum atomic E-state index is -3.63. The minimum absolute atomic E-state index is 0.359. The molecule has 3 aromatic rings. The molecule has 32 heavy (non-hydrogen) atoms. The lowest BCUT2D eigenvalue weighted by Crippen LogP contribution is -2.39. The summed E-state index contributed by atoms with van der Waals surface area (Å²) in [5.41, 5.74) is 8.93. The van der Waals surface area contributed by atoms with E-state index in [4.69, 9.17) is 0 Å². The molecule has 0 saturated carbocycles. The molecule has 0 radical (unpaired) electrons. The summed E-state index contributed by atoms with van der Waals surface area (Å²) in [5.74, 6) is -0.527. The predicted molar refractivity (Wildman–Crippen MR) is 129 cm³/mol. The molecule has 0 aliphatic rings. The van der Waals surface area contributed by atoms with Crippen LogP contribution in [0.4, 0.5) is 5.69 Å². The van der Waals surface area contributed by atoms with E-state index in [1.54, 1.807) is 24.4 Å². The standard InChI is InChI=1S/C24H28N4O3S/c1-17-9-8-11-22(13-17)27(32(5,30)31)16-24(29)26-25-15-21-14-19(3)28(20(21)4)23-12-7-6-10-18(23)2/h6-15H,16H2,1-5H3,(H,26,29)/b25-15-. The van der Waals surface area contributed by atoms with E-state index >= 15 is 0 Å². The molecule has 0 unspecified atom stereocenters. The highest BCUT2D eigenvalue weighted by Crippen LogP contribution is 2.22. The van der Waals surface area contributed by atoms with Gasteiger partial charge in [0.15, 0.2) is 0 Å². The van der Waals surface area contributed by atoms with Crippen molar-refractivity contribution in [3.63, 3.8) is 0 Å².